The molecule has 0 bridgehead atoms. The molecule has 2 saturated heterocycles. The number of halogens is 1. The van der Waals surface area contributed by atoms with Crippen LogP contribution in [0.15, 0.2) is 77.3 Å². The first-order valence-corrected chi connectivity index (χ1v) is 30.8. The highest BCUT2D eigenvalue weighted by atomic mass is 35.5. The Bertz CT molecular complexity index is 3060. The number of aliphatic hydroxyl groups is 1. The van der Waals surface area contributed by atoms with Crippen LogP contribution in [0.4, 0.5) is 23.1 Å². The smallest absolute Gasteiger partial charge is 0.246 e. The third-order valence-electron chi connectivity index (χ3n) is 14.8. The number of para-hydroxylation sites is 1. The van der Waals surface area contributed by atoms with Gasteiger partial charge in [-0.05, 0) is 125 Å². The number of amides is 4. The number of unbranched alkanes of at least 4 members (excludes halogenated alkanes) is 5. The molecule has 4 heterocycles. The number of likely N-dealkylation sites (tertiary alicyclic amines) is 2. The molecule has 2 fully saturated rings. The molecule has 7 rings (SSSR count). The van der Waals surface area contributed by atoms with Crippen molar-refractivity contribution in [1.82, 2.24) is 35.4 Å². The van der Waals surface area contributed by atoms with Crippen LogP contribution in [-0.2, 0) is 35.6 Å². The second-order valence-corrected chi connectivity index (χ2v) is 26.6. The lowest BCUT2D eigenvalue weighted by molar-refractivity contribution is -0.144. The first kappa shape index (κ1) is 61.5. The highest BCUT2D eigenvalue weighted by Crippen LogP contribution is 2.39. The molecule has 5 N–H and O–H groups in total. The number of β-amino-alcohol motifs (C(OH)–C–C–N with tert-alkyl or cyclic N) is 1. The number of carbonyl (C=O) groups excluding carboxylic acids is 4. The van der Waals surface area contributed by atoms with Crippen LogP contribution in [0.3, 0.4) is 0 Å². The number of rotatable bonds is 24. The van der Waals surface area contributed by atoms with E-state index in [1.807, 2.05) is 82.3 Å². The van der Waals surface area contributed by atoms with Crippen LogP contribution in [0.1, 0.15) is 147 Å². The fraction of sp³-hybridized carbons (Fsp3) is 0.517. The normalized spacial score (nSPS) is 16.5. The van der Waals surface area contributed by atoms with Gasteiger partial charge in [0.2, 0.25) is 29.6 Å². The van der Waals surface area contributed by atoms with Crippen LogP contribution in [0, 0.1) is 19.3 Å². The molecule has 17 nitrogen and oxygen atoms in total. The van der Waals surface area contributed by atoms with E-state index in [4.69, 9.17) is 16.3 Å². The number of hydrogen-bond donors (Lipinski definition) is 5. The summed E-state index contributed by atoms with van der Waals surface area (Å²) in [6, 6.07) is 16.9. The van der Waals surface area contributed by atoms with Gasteiger partial charge in [-0.2, -0.15) is 4.98 Å². The Morgan fingerprint density at radius 2 is 1.55 bits per heavy atom. The Hall–Kier alpha value is -6.15. The van der Waals surface area contributed by atoms with Crippen molar-refractivity contribution in [2.24, 2.45) is 5.41 Å². The number of piperidine rings is 1. The average molecular weight is 1150 g/mol. The third kappa shape index (κ3) is 16.1. The number of aromatic nitrogens is 3. The minimum atomic E-state index is -3.60. The third-order valence-corrected chi connectivity index (χ3v) is 18.3. The number of hydrogen-bond acceptors (Lipinski definition) is 14. The van der Waals surface area contributed by atoms with Crippen molar-refractivity contribution in [2.45, 2.75) is 180 Å². The van der Waals surface area contributed by atoms with Crippen LogP contribution >= 0.6 is 22.9 Å². The summed E-state index contributed by atoms with van der Waals surface area (Å²) in [4.78, 5) is 72.3. The fourth-order valence-corrected chi connectivity index (χ4v) is 12.5. The molecule has 2 aromatic heterocycles. The fourth-order valence-electron chi connectivity index (χ4n) is 10.3. The van der Waals surface area contributed by atoms with Crippen molar-refractivity contribution >= 4 is 79.5 Å². The molecule has 2 aliphatic rings. The molecule has 432 valence electrons. The zero-order valence-corrected chi connectivity index (χ0v) is 50.1. The predicted molar refractivity (Wildman–Crippen MR) is 316 cm³/mol. The second-order valence-electron chi connectivity index (χ2n) is 22.8. The van der Waals surface area contributed by atoms with Crippen LogP contribution in [0.5, 0.6) is 5.75 Å². The Labute approximate surface area is 481 Å². The van der Waals surface area contributed by atoms with Gasteiger partial charge >= 0.3 is 0 Å². The molecule has 2 aliphatic heterocycles. The molecular formula is C60H80ClN9O8S2. The van der Waals surface area contributed by atoms with E-state index in [2.05, 4.69) is 49.2 Å². The van der Waals surface area contributed by atoms with Crippen LogP contribution in [0.25, 0.3) is 10.4 Å². The summed E-state index contributed by atoms with van der Waals surface area (Å²) in [5.41, 5.74) is 7.35. The summed E-state index contributed by atoms with van der Waals surface area (Å²) in [7, 11) is -3.60. The van der Waals surface area contributed by atoms with E-state index in [1.165, 1.54) is 11.1 Å². The first-order chi connectivity index (χ1) is 38.0. The number of ether oxygens (including phenoxy) is 1. The van der Waals surface area contributed by atoms with Gasteiger partial charge in [0.15, 0.2) is 15.7 Å². The number of aryl methyl sites for hydroxylation is 2. The summed E-state index contributed by atoms with van der Waals surface area (Å²) in [6.45, 7) is 18.5. The molecule has 20 heteroatoms. The van der Waals surface area contributed by atoms with E-state index in [1.54, 1.807) is 49.4 Å². The topological polar surface area (TPSA) is 225 Å². The van der Waals surface area contributed by atoms with E-state index in [0.29, 0.717) is 43.1 Å². The average Bonchev–Trinajstić information content (AvgIpc) is 4.04. The predicted octanol–water partition coefficient (Wildman–Crippen LogP) is 11.0. The van der Waals surface area contributed by atoms with Crippen molar-refractivity contribution in [3.8, 4) is 16.2 Å². The number of sulfone groups is 1. The lowest BCUT2D eigenvalue weighted by Crippen LogP contribution is -2.57. The molecule has 3 atom stereocenters. The van der Waals surface area contributed by atoms with Gasteiger partial charge in [-0.15, -0.1) is 11.3 Å². The maximum atomic E-state index is 14.1. The quantitative estimate of drug-likeness (QED) is 0.0363. The van der Waals surface area contributed by atoms with Gasteiger partial charge in [-0.25, -0.2) is 18.4 Å². The van der Waals surface area contributed by atoms with Crippen LogP contribution in [0.2, 0.25) is 5.02 Å². The minimum absolute atomic E-state index is 0.0129. The zero-order valence-electron chi connectivity index (χ0n) is 47.7. The Kier molecular flexibility index (Phi) is 21.2. The lowest BCUT2D eigenvalue weighted by Gasteiger charge is -2.35. The van der Waals surface area contributed by atoms with Crippen LogP contribution < -0.4 is 26.0 Å². The van der Waals surface area contributed by atoms with Crippen LogP contribution in [-0.4, -0.2) is 111 Å². The Morgan fingerprint density at radius 1 is 0.875 bits per heavy atom. The van der Waals surface area contributed by atoms with E-state index in [0.717, 1.165) is 77.8 Å². The maximum absolute atomic E-state index is 14.1. The Morgan fingerprint density at radius 3 is 2.20 bits per heavy atom. The molecule has 2 unspecified atom stereocenters. The molecule has 0 spiro atoms. The summed E-state index contributed by atoms with van der Waals surface area (Å²) in [5, 5.41) is 22.6. The number of thiazole rings is 1. The van der Waals surface area contributed by atoms with Gasteiger partial charge in [0.25, 0.3) is 0 Å². The number of carbonyl (C=O) groups is 4. The standard InChI is InChI=1S/C60H80ClN9O8S2/c1-37(2)78-50-32-45(39(5)30-48(50)66-59-63-34-46(61)56(68-59)65-47-18-16-17-19-51(47)80(76,77)38(3)4)42-26-28-69(29-27-42)53(73)21-15-13-11-10-12-14-20-52(72)67-55(60(7,8)9)58(75)70-35-44(71)31-49(70)57(74)62-33-41-22-24-43(25-23-41)54-40(6)64-36-79-54/h16-19,22-25,30,32,34,36-38,42,44,49,55,71H,10-15,20-21,26-29,31,33,35H2,1-9H3,(H,62,74)(H,67,72)(H2,63,65,66,68)/t44?,49?,55-/m1/s1. The van der Waals surface area contributed by atoms with E-state index < -0.39 is 38.7 Å². The highest BCUT2D eigenvalue weighted by Gasteiger charge is 2.44. The number of benzene rings is 3. The molecule has 80 heavy (non-hydrogen) atoms. The molecule has 0 radical (unpaired) electrons. The second kappa shape index (κ2) is 27.5. The summed E-state index contributed by atoms with van der Waals surface area (Å²) in [5.74, 6) is 0.575. The highest BCUT2D eigenvalue weighted by molar-refractivity contribution is 7.92. The summed E-state index contributed by atoms with van der Waals surface area (Å²) < 4.78 is 32.6. The van der Waals surface area contributed by atoms with Gasteiger partial charge in [-0.3, -0.25) is 19.2 Å². The lowest BCUT2D eigenvalue weighted by atomic mass is 9.85. The SMILES string of the molecule is Cc1cc(Nc2ncc(Cl)c(Nc3ccccc3S(=O)(=O)C(C)C)n2)c(OC(C)C)cc1C1CCN(C(=O)CCCCCCCCC(=O)N[C@H](C(=O)N2CC(O)CC2C(=O)NCc2ccc(-c3scnc3C)cc2)C(C)(C)C)CC1. The first-order valence-electron chi connectivity index (χ1n) is 28.0. The molecular weight excluding hydrogens is 1070 g/mol. The molecule has 5 aromatic rings. The minimum Gasteiger partial charge on any atom is -0.489 e. The van der Waals surface area contributed by atoms with E-state index >= 15 is 0 Å². The summed E-state index contributed by atoms with van der Waals surface area (Å²) >= 11 is 8.11. The largest absolute Gasteiger partial charge is 0.489 e. The summed E-state index contributed by atoms with van der Waals surface area (Å²) in [6.07, 6.45) is 8.10. The van der Waals surface area contributed by atoms with Crippen molar-refractivity contribution in [3.05, 3.63) is 99.8 Å². The zero-order chi connectivity index (χ0) is 57.9. The van der Waals surface area contributed by atoms with Gasteiger partial charge in [0, 0.05) is 45.4 Å². The van der Waals surface area contributed by atoms with Crippen molar-refractivity contribution in [2.75, 3.05) is 30.3 Å². The van der Waals surface area contributed by atoms with E-state index in [9.17, 15) is 32.7 Å². The number of anilines is 4. The van der Waals surface area contributed by atoms with Gasteiger partial charge in [-0.1, -0.05) is 94.5 Å². The Balaban J connectivity index is 0.820. The number of nitrogens with zero attached hydrogens (tertiary/aromatic N) is 5. The van der Waals surface area contributed by atoms with Gasteiger partial charge < -0.3 is 40.9 Å². The molecule has 0 aliphatic carbocycles. The van der Waals surface area contributed by atoms with E-state index in [-0.39, 0.29) is 83.3 Å². The monoisotopic (exact) mass is 1150 g/mol. The van der Waals surface area contributed by atoms with Gasteiger partial charge in [0.1, 0.15) is 22.9 Å². The number of nitrogens with one attached hydrogen (secondary N) is 4. The van der Waals surface area contributed by atoms with Gasteiger partial charge in [0.05, 0.1) is 56.0 Å². The number of aliphatic hydroxyl groups excluding tert-OH is 1. The molecule has 0 saturated carbocycles. The van der Waals surface area contributed by atoms with Crippen molar-refractivity contribution in [1.29, 1.82) is 0 Å². The van der Waals surface area contributed by atoms with Crippen molar-refractivity contribution in [3.63, 3.8) is 0 Å². The molecule has 4 amide bonds. The molecule has 3 aromatic carbocycles. The van der Waals surface area contributed by atoms with Crippen molar-refractivity contribution < 1.29 is 37.4 Å². The maximum Gasteiger partial charge on any atom is 0.246 e.